The molecule has 0 atom stereocenters. The molecule has 10 heavy (non-hydrogen) atoms. The molecular formula is C9H17N. The maximum atomic E-state index is 4.08. The fourth-order valence-electron chi connectivity index (χ4n) is 0.819. The van der Waals surface area contributed by atoms with Crippen molar-refractivity contribution in [1.29, 1.82) is 0 Å². The summed E-state index contributed by atoms with van der Waals surface area (Å²) >= 11 is 0. The molecule has 0 spiro atoms. The van der Waals surface area contributed by atoms with E-state index in [9.17, 15) is 0 Å². The third-order valence-electron chi connectivity index (χ3n) is 1.54. The fraction of sp³-hybridized carbons (Fsp3) is 0.667. The molecule has 0 aromatic carbocycles. The topological polar surface area (TPSA) is 12.4 Å². The van der Waals surface area contributed by atoms with Gasteiger partial charge in [-0.3, -0.25) is 4.99 Å². The minimum Gasteiger partial charge on any atom is -0.269 e. The Morgan fingerprint density at radius 1 is 1.50 bits per heavy atom. The molecule has 0 aromatic heterocycles. The van der Waals surface area contributed by atoms with Gasteiger partial charge in [0.1, 0.15) is 0 Å². The van der Waals surface area contributed by atoms with Gasteiger partial charge >= 0.3 is 0 Å². The molecule has 0 rings (SSSR count). The molecule has 0 unspecified atom stereocenters. The summed E-state index contributed by atoms with van der Waals surface area (Å²) in [6.07, 6.45) is 4.89. The smallest absolute Gasteiger partial charge is 0.0258 e. The van der Waals surface area contributed by atoms with E-state index < -0.39 is 0 Å². The standard InChI is InChI=1S/C9H17N/c1-5-9(8(3)4)7-10-6-2/h6-8H,5H2,1-4H3/b9-7+,10-6-. The maximum Gasteiger partial charge on any atom is 0.0258 e. The molecule has 0 saturated carbocycles. The number of hydrogen-bond acceptors (Lipinski definition) is 1. The average molecular weight is 139 g/mol. The van der Waals surface area contributed by atoms with Crippen LogP contribution < -0.4 is 0 Å². The van der Waals surface area contributed by atoms with Crippen molar-refractivity contribution in [2.24, 2.45) is 10.9 Å². The molecule has 0 aromatic rings. The van der Waals surface area contributed by atoms with Crippen molar-refractivity contribution in [3.8, 4) is 0 Å². The molecule has 0 bridgehead atoms. The SMILES string of the molecule is C/C=N\C=C(/CC)C(C)C. The number of hydrogen-bond donors (Lipinski definition) is 0. The normalized spacial score (nSPS) is 13.5. The second-order valence-corrected chi connectivity index (χ2v) is 2.62. The van der Waals surface area contributed by atoms with E-state index in [4.69, 9.17) is 0 Å². The van der Waals surface area contributed by atoms with E-state index >= 15 is 0 Å². The molecule has 0 N–H and O–H groups in total. The summed E-state index contributed by atoms with van der Waals surface area (Å²) < 4.78 is 0. The minimum absolute atomic E-state index is 0.633. The van der Waals surface area contributed by atoms with Crippen molar-refractivity contribution in [3.63, 3.8) is 0 Å². The molecule has 0 aliphatic heterocycles. The van der Waals surface area contributed by atoms with Crippen LogP contribution in [-0.4, -0.2) is 6.21 Å². The van der Waals surface area contributed by atoms with Gasteiger partial charge in [-0.2, -0.15) is 0 Å². The first kappa shape index (κ1) is 9.41. The Bertz CT molecular complexity index is 132. The molecule has 0 radical (unpaired) electrons. The highest BCUT2D eigenvalue weighted by Crippen LogP contribution is 2.12. The maximum absolute atomic E-state index is 4.08. The molecule has 58 valence electrons. The third kappa shape index (κ3) is 3.44. The highest BCUT2D eigenvalue weighted by atomic mass is 14.7. The Morgan fingerprint density at radius 3 is 2.40 bits per heavy atom. The number of allylic oxidation sites excluding steroid dienone is 1. The Morgan fingerprint density at radius 2 is 2.10 bits per heavy atom. The summed E-state index contributed by atoms with van der Waals surface area (Å²) in [4.78, 5) is 4.08. The molecular weight excluding hydrogens is 122 g/mol. The summed E-state index contributed by atoms with van der Waals surface area (Å²) in [5.74, 6) is 0.633. The van der Waals surface area contributed by atoms with Crippen molar-refractivity contribution in [3.05, 3.63) is 11.8 Å². The zero-order valence-corrected chi connectivity index (χ0v) is 7.39. The average Bonchev–Trinajstić information content (AvgIpc) is 1.89. The Kier molecular flexibility index (Phi) is 4.91. The van der Waals surface area contributed by atoms with E-state index in [1.54, 1.807) is 0 Å². The van der Waals surface area contributed by atoms with E-state index in [-0.39, 0.29) is 0 Å². The van der Waals surface area contributed by atoms with Crippen LogP contribution in [0, 0.1) is 5.92 Å². The highest BCUT2D eigenvalue weighted by Gasteiger charge is 1.97. The summed E-state index contributed by atoms with van der Waals surface area (Å²) in [5.41, 5.74) is 1.41. The van der Waals surface area contributed by atoms with Crippen LogP contribution in [0.3, 0.4) is 0 Å². The van der Waals surface area contributed by atoms with Crippen LogP contribution in [0.4, 0.5) is 0 Å². The van der Waals surface area contributed by atoms with Gasteiger partial charge in [-0.05, 0) is 24.8 Å². The summed E-state index contributed by atoms with van der Waals surface area (Å²) in [6, 6.07) is 0. The van der Waals surface area contributed by atoms with Gasteiger partial charge in [0.2, 0.25) is 0 Å². The fourth-order valence-corrected chi connectivity index (χ4v) is 0.819. The van der Waals surface area contributed by atoms with Gasteiger partial charge in [0.05, 0.1) is 0 Å². The van der Waals surface area contributed by atoms with E-state index in [2.05, 4.69) is 25.8 Å². The van der Waals surface area contributed by atoms with E-state index in [0.29, 0.717) is 5.92 Å². The van der Waals surface area contributed by atoms with Gasteiger partial charge in [-0.15, -0.1) is 0 Å². The molecule has 0 aliphatic rings. The highest BCUT2D eigenvalue weighted by molar-refractivity contribution is 5.54. The van der Waals surface area contributed by atoms with Gasteiger partial charge in [-0.25, -0.2) is 0 Å². The number of nitrogens with zero attached hydrogens (tertiary/aromatic N) is 1. The van der Waals surface area contributed by atoms with Crippen LogP contribution in [0.1, 0.15) is 34.1 Å². The number of rotatable bonds is 3. The van der Waals surface area contributed by atoms with Crippen molar-refractivity contribution in [1.82, 2.24) is 0 Å². The lowest BCUT2D eigenvalue weighted by Crippen LogP contribution is -1.90. The zero-order chi connectivity index (χ0) is 7.98. The van der Waals surface area contributed by atoms with Crippen molar-refractivity contribution in [2.75, 3.05) is 0 Å². The molecule has 1 nitrogen and oxygen atoms in total. The minimum atomic E-state index is 0.633. The van der Waals surface area contributed by atoms with Gasteiger partial charge in [0, 0.05) is 12.4 Å². The lowest BCUT2D eigenvalue weighted by Gasteiger charge is -2.05. The lowest BCUT2D eigenvalue weighted by molar-refractivity contribution is 0.729. The third-order valence-corrected chi connectivity index (χ3v) is 1.54. The van der Waals surface area contributed by atoms with Gasteiger partial charge < -0.3 is 0 Å². The van der Waals surface area contributed by atoms with Gasteiger partial charge in [-0.1, -0.05) is 20.8 Å². The second kappa shape index (κ2) is 5.21. The zero-order valence-electron chi connectivity index (χ0n) is 7.39. The van der Waals surface area contributed by atoms with Crippen LogP contribution in [-0.2, 0) is 0 Å². The molecule has 0 saturated heterocycles. The van der Waals surface area contributed by atoms with Crippen molar-refractivity contribution >= 4 is 6.21 Å². The van der Waals surface area contributed by atoms with Crippen LogP contribution in [0.5, 0.6) is 0 Å². The summed E-state index contributed by atoms with van der Waals surface area (Å²) in [7, 11) is 0. The predicted molar refractivity (Wildman–Crippen MR) is 47.4 cm³/mol. The van der Waals surface area contributed by atoms with Crippen LogP contribution in [0.15, 0.2) is 16.8 Å². The van der Waals surface area contributed by atoms with Crippen molar-refractivity contribution < 1.29 is 0 Å². The van der Waals surface area contributed by atoms with Gasteiger partial charge in [0.15, 0.2) is 0 Å². The predicted octanol–water partition coefficient (Wildman–Crippen LogP) is 3.03. The first-order chi connectivity index (χ1) is 4.72. The first-order valence-corrected chi connectivity index (χ1v) is 3.89. The van der Waals surface area contributed by atoms with Crippen LogP contribution in [0.25, 0.3) is 0 Å². The second-order valence-electron chi connectivity index (χ2n) is 2.62. The first-order valence-electron chi connectivity index (χ1n) is 3.89. The Labute approximate surface area is 63.9 Å². The molecule has 0 heterocycles. The molecule has 0 aliphatic carbocycles. The van der Waals surface area contributed by atoms with Gasteiger partial charge in [0.25, 0.3) is 0 Å². The summed E-state index contributed by atoms with van der Waals surface area (Å²) in [6.45, 7) is 8.49. The van der Waals surface area contributed by atoms with Crippen LogP contribution >= 0.6 is 0 Å². The molecule has 1 heteroatoms. The lowest BCUT2D eigenvalue weighted by atomic mass is 10.0. The Balaban J connectivity index is 4.04. The number of aliphatic imine (C=N–C) groups is 1. The van der Waals surface area contributed by atoms with Crippen molar-refractivity contribution in [2.45, 2.75) is 34.1 Å². The largest absolute Gasteiger partial charge is 0.269 e. The monoisotopic (exact) mass is 139 g/mol. The summed E-state index contributed by atoms with van der Waals surface area (Å²) in [5, 5.41) is 0. The van der Waals surface area contributed by atoms with E-state index in [0.717, 1.165) is 6.42 Å². The Hall–Kier alpha value is -0.590. The van der Waals surface area contributed by atoms with E-state index in [1.165, 1.54) is 5.57 Å². The molecule has 0 fully saturated rings. The molecule has 0 amide bonds. The quantitative estimate of drug-likeness (QED) is 0.533. The van der Waals surface area contributed by atoms with E-state index in [1.807, 2.05) is 19.3 Å². The van der Waals surface area contributed by atoms with Crippen LogP contribution in [0.2, 0.25) is 0 Å².